The van der Waals surface area contributed by atoms with Gasteiger partial charge in [0.1, 0.15) is 5.75 Å². The van der Waals surface area contributed by atoms with Gasteiger partial charge in [-0.25, -0.2) is 4.79 Å². The van der Waals surface area contributed by atoms with Crippen LogP contribution >= 0.6 is 0 Å². The normalized spacial score (nSPS) is 13.9. The van der Waals surface area contributed by atoms with Crippen LogP contribution in [0.15, 0.2) is 48.5 Å². The van der Waals surface area contributed by atoms with Crippen LogP contribution in [-0.2, 0) is 6.42 Å². The second kappa shape index (κ2) is 9.86. The fraction of sp³-hybridized carbons (Fsp3) is 0.409. The van der Waals surface area contributed by atoms with Crippen LogP contribution in [0.5, 0.6) is 5.75 Å². The van der Waals surface area contributed by atoms with Gasteiger partial charge in [-0.05, 0) is 67.6 Å². The highest BCUT2D eigenvalue weighted by Gasteiger charge is 2.10. The number of aryl methyl sites for hydroxylation is 1. The molecule has 1 aliphatic rings. The quantitative estimate of drug-likeness (QED) is 0.692. The van der Waals surface area contributed by atoms with Crippen LogP contribution in [-0.4, -0.2) is 25.9 Å². The smallest absolute Gasteiger partial charge is 0.321 e. The molecule has 0 spiro atoms. The molecule has 144 valence electrons. The summed E-state index contributed by atoms with van der Waals surface area (Å²) in [6.07, 6.45) is 6.02. The summed E-state index contributed by atoms with van der Waals surface area (Å²) in [4.78, 5) is 14.4. The van der Waals surface area contributed by atoms with Crippen molar-refractivity contribution >= 4 is 17.4 Å². The van der Waals surface area contributed by atoms with Crippen molar-refractivity contribution in [2.75, 3.05) is 30.0 Å². The summed E-state index contributed by atoms with van der Waals surface area (Å²) in [5, 5.41) is 5.55. The fourth-order valence-corrected chi connectivity index (χ4v) is 3.31. The molecular formula is C22H29N3O2. The van der Waals surface area contributed by atoms with Gasteiger partial charge in [-0.15, -0.1) is 0 Å². The first-order valence-corrected chi connectivity index (χ1v) is 9.86. The lowest BCUT2D eigenvalue weighted by atomic mass is 10.1. The van der Waals surface area contributed by atoms with Crippen LogP contribution < -0.4 is 20.3 Å². The average Bonchev–Trinajstić information content (AvgIpc) is 2.71. The monoisotopic (exact) mass is 367 g/mol. The minimum atomic E-state index is -0.275. The maximum absolute atomic E-state index is 12.0. The minimum Gasteiger partial charge on any atom is -0.473 e. The Labute approximate surface area is 161 Å². The molecular weight excluding hydrogens is 338 g/mol. The molecule has 0 unspecified atom stereocenters. The zero-order valence-corrected chi connectivity index (χ0v) is 16.0. The van der Waals surface area contributed by atoms with E-state index < -0.39 is 0 Å². The van der Waals surface area contributed by atoms with E-state index in [4.69, 9.17) is 4.74 Å². The third-order valence-electron chi connectivity index (χ3n) is 4.78. The van der Waals surface area contributed by atoms with E-state index >= 15 is 0 Å². The number of hydrogen-bond acceptors (Lipinski definition) is 3. The van der Waals surface area contributed by atoms with Gasteiger partial charge in [0.2, 0.25) is 0 Å². The SMILES string of the molecule is CCCc1ccc(OCNC(=O)Nc2ccc(N3CCCCC3)cc2)cc1. The summed E-state index contributed by atoms with van der Waals surface area (Å²) in [7, 11) is 0. The van der Waals surface area contributed by atoms with Gasteiger partial charge in [0.25, 0.3) is 0 Å². The summed E-state index contributed by atoms with van der Waals surface area (Å²) in [6, 6.07) is 15.7. The number of carbonyl (C=O) groups excluding carboxylic acids is 1. The van der Waals surface area contributed by atoms with Crippen LogP contribution in [0.1, 0.15) is 38.2 Å². The zero-order valence-electron chi connectivity index (χ0n) is 16.0. The summed E-state index contributed by atoms with van der Waals surface area (Å²) < 4.78 is 5.57. The Morgan fingerprint density at radius 1 is 1.00 bits per heavy atom. The number of nitrogens with one attached hydrogen (secondary N) is 2. The van der Waals surface area contributed by atoms with E-state index in [0.717, 1.165) is 37.4 Å². The molecule has 0 aromatic heterocycles. The molecule has 0 atom stereocenters. The summed E-state index contributed by atoms with van der Waals surface area (Å²) >= 11 is 0. The highest BCUT2D eigenvalue weighted by molar-refractivity contribution is 5.89. The van der Waals surface area contributed by atoms with Crippen molar-refractivity contribution in [3.05, 3.63) is 54.1 Å². The Balaban J connectivity index is 1.41. The second-order valence-corrected chi connectivity index (χ2v) is 6.91. The summed E-state index contributed by atoms with van der Waals surface area (Å²) in [5.74, 6) is 0.751. The number of rotatable bonds is 7. The van der Waals surface area contributed by atoms with Gasteiger partial charge in [0.05, 0.1) is 0 Å². The lowest BCUT2D eigenvalue weighted by molar-refractivity contribution is 0.234. The van der Waals surface area contributed by atoms with E-state index in [-0.39, 0.29) is 12.8 Å². The summed E-state index contributed by atoms with van der Waals surface area (Å²) in [5.41, 5.74) is 3.29. The van der Waals surface area contributed by atoms with Gasteiger partial charge in [0, 0.05) is 24.5 Å². The molecule has 0 bridgehead atoms. The molecule has 0 radical (unpaired) electrons. The zero-order chi connectivity index (χ0) is 18.9. The van der Waals surface area contributed by atoms with Gasteiger partial charge < -0.3 is 20.3 Å². The van der Waals surface area contributed by atoms with Gasteiger partial charge in [-0.1, -0.05) is 25.5 Å². The molecule has 2 N–H and O–H groups in total. The molecule has 5 nitrogen and oxygen atoms in total. The van der Waals surface area contributed by atoms with Crippen LogP contribution in [0, 0.1) is 0 Å². The average molecular weight is 367 g/mol. The molecule has 1 aliphatic heterocycles. The number of benzene rings is 2. The number of amides is 2. The van der Waals surface area contributed by atoms with E-state index in [0.29, 0.717) is 0 Å². The van der Waals surface area contributed by atoms with E-state index in [9.17, 15) is 4.79 Å². The fourth-order valence-electron chi connectivity index (χ4n) is 3.31. The molecule has 0 aliphatic carbocycles. The van der Waals surface area contributed by atoms with Crippen LogP contribution in [0.4, 0.5) is 16.2 Å². The van der Waals surface area contributed by atoms with E-state index in [2.05, 4.69) is 46.7 Å². The van der Waals surface area contributed by atoms with Gasteiger partial charge in [-0.2, -0.15) is 0 Å². The molecule has 27 heavy (non-hydrogen) atoms. The van der Waals surface area contributed by atoms with Crippen LogP contribution in [0.3, 0.4) is 0 Å². The standard InChI is InChI=1S/C22H29N3O2/c1-2-6-18-7-13-21(14-8-18)27-17-23-22(26)24-19-9-11-20(12-10-19)25-15-4-3-5-16-25/h7-14H,2-6,15-17H2,1H3,(H2,23,24,26). The first kappa shape index (κ1) is 19.1. The number of hydrogen-bond donors (Lipinski definition) is 2. The van der Waals surface area contributed by atoms with E-state index in [1.807, 2.05) is 24.3 Å². The molecule has 1 heterocycles. The third-order valence-corrected chi connectivity index (χ3v) is 4.78. The number of piperidine rings is 1. The Kier molecular flexibility index (Phi) is 6.97. The molecule has 5 heteroatoms. The largest absolute Gasteiger partial charge is 0.473 e. The predicted octanol–water partition coefficient (Wildman–Crippen LogP) is 4.79. The maximum Gasteiger partial charge on any atom is 0.321 e. The lowest BCUT2D eigenvalue weighted by Gasteiger charge is -2.28. The number of carbonyl (C=O) groups is 1. The van der Waals surface area contributed by atoms with Crippen molar-refractivity contribution in [3.63, 3.8) is 0 Å². The van der Waals surface area contributed by atoms with Crippen molar-refractivity contribution < 1.29 is 9.53 Å². The topological polar surface area (TPSA) is 53.6 Å². The minimum absolute atomic E-state index is 0.130. The van der Waals surface area contributed by atoms with Crippen molar-refractivity contribution in [2.45, 2.75) is 39.0 Å². The van der Waals surface area contributed by atoms with Gasteiger partial charge in [0.15, 0.2) is 6.73 Å². The number of anilines is 2. The van der Waals surface area contributed by atoms with E-state index in [1.54, 1.807) is 0 Å². The first-order valence-electron chi connectivity index (χ1n) is 9.86. The molecule has 2 amide bonds. The Morgan fingerprint density at radius 3 is 2.37 bits per heavy atom. The van der Waals surface area contributed by atoms with Gasteiger partial charge >= 0.3 is 6.03 Å². The van der Waals surface area contributed by atoms with Crippen molar-refractivity contribution in [2.24, 2.45) is 0 Å². The van der Waals surface area contributed by atoms with Crippen LogP contribution in [0.2, 0.25) is 0 Å². The van der Waals surface area contributed by atoms with E-state index in [1.165, 1.54) is 30.5 Å². The number of nitrogens with zero attached hydrogens (tertiary/aromatic N) is 1. The van der Waals surface area contributed by atoms with Gasteiger partial charge in [-0.3, -0.25) is 0 Å². The molecule has 2 aromatic carbocycles. The number of ether oxygens (including phenoxy) is 1. The van der Waals surface area contributed by atoms with Crippen molar-refractivity contribution in [3.8, 4) is 5.75 Å². The Morgan fingerprint density at radius 2 is 1.70 bits per heavy atom. The second-order valence-electron chi connectivity index (χ2n) is 6.91. The molecule has 2 aromatic rings. The number of urea groups is 1. The maximum atomic E-state index is 12.0. The Bertz CT molecular complexity index is 707. The molecule has 1 fully saturated rings. The first-order chi connectivity index (χ1) is 13.2. The third kappa shape index (κ3) is 5.91. The highest BCUT2D eigenvalue weighted by atomic mass is 16.5. The highest BCUT2D eigenvalue weighted by Crippen LogP contribution is 2.21. The van der Waals surface area contributed by atoms with Crippen molar-refractivity contribution in [1.29, 1.82) is 0 Å². The predicted molar refractivity (Wildman–Crippen MR) is 111 cm³/mol. The molecule has 3 rings (SSSR count). The molecule has 0 saturated carbocycles. The molecule has 1 saturated heterocycles. The Hall–Kier alpha value is -2.69. The lowest BCUT2D eigenvalue weighted by Crippen LogP contribution is -2.32. The van der Waals surface area contributed by atoms with Crippen LogP contribution in [0.25, 0.3) is 0 Å². The summed E-state index contributed by atoms with van der Waals surface area (Å²) in [6.45, 7) is 4.52. The van der Waals surface area contributed by atoms with Crippen molar-refractivity contribution in [1.82, 2.24) is 5.32 Å².